The van der Waals surface area contributed by atoms with E-state index in [9.17, 15) is 0 Å². The maximum absolute atomic E-state index is 5.45. The summed E-state index contributed by atoms with van der Waals surface area (Å²) in [6.45, 7) is 0.416. The lowest BCUT2D eigenvalue weighted by Crippen LogP contribution is -2.02. The Morgan fingerprint density at radius 3 is 2.92 bits per heavy atom. The SMILES string of the molecule is C#CCCOc1nccnc1N. The zero-order chi connectivity index (χ0) is 8.81. The van der Waals surface area contributed by atoms with Gasteiger partial charge in [-0.3, -0.25) is 0 Å². The van der Waals surface area contributed by atoms with Crippen LogP contribution in [0, 0.1) is 12.3 Å². The molecule has 0 spiro atoms. The van der Waals surface area contributed by atoms with Crippen LogP contribution >= 0.6 is 0 Å². The second-order valence-corrected chi connectivity index (χ2v) is 2.05. The summed E-state index contributed by atoms with van der Waals surface area (Å²) in [6.07, 6.45) is 8.59. The minimum absolute atomic E-state index is 0.287. The molecule has 0 radical (unpaired) electrons. The van der Waals surface area contributed by atoms with Crippen molar-refractivity contribution in [2.45, 2.75) is 6.42 Å². The van der Waals surface area contributed by atoms with Gasteiger partial charge in [-0.15, -0.1) is 12.3 Å². The molecule has 0 unspecified atom stereocenters. The molecular weight excluding hydrogens is 154 g/mol. The molecule has 12 heavy (non-hydrogen) atoms. The summed E-state index contributed by atoms with van der Waals surface area (Å²) in [5.74, 6) is 3.07. The maximum atomic E-state index is 5.45. The fourth-order valence-electron chi connectivity index (χ4n) is 0.654. The first-order valence-electron chi connectivity index (χ1n) is 3.47. The molecule has 2 N–H and O–H groups in total. The molecule has 0 aliphatic heterocycles. The minimum atomic E-state index is 0.287. The van der Waals surface area contributed by atoms with Gasteiger partial charge in [0.25, 0.3) is 5.88 Å². The highest BCUT2D eigenvalue weighted by atomic mass is 16.5. The summed E-state index contributed by atoms with van der Waals surface area (Å²) in [6, 6.07) is 0. The summed E-state index contributed by atoms with van der Waals surface area (Å²) >= 11 is 0. The number of terminal acetylenes is 1. The molecule has 1 aromatic rings. The molecule has 1 rings (SSSR count). The fourth-order valence-corrected chi connectivity index (χ4v) is 0.654. The lowest BCUT2D eigenvalue weighted by Gasteiger charge is -2.03. The second-order valence-electron chi connectivity index (χ2n) is 2.05. The van der Waals surface area contributed by atoms with Crippen molar-refractivity contribution in [2.24, 2.45) is 0 Å². The first-order valence-corrected chi connectivity index (χ1v) is 3.47. The summed E-state index contributed by atoms with van der Waals surface area (Å²) in [7, 11) is 0. The van der Waals surface area contributed by atoms with Gasteiger partial charge in [-0.1, -0.05) is 0 Å². The predicted octanol–water partition coefficient (Wildman–Crippen LogP) is 0.461. The van der Waals surface area contributed by atoms with Crippen LogP contribution in [0.25, 0.3) is 0 Å². The van der Waals surface area contributed by atoms with Gasteiger partial charge in [0.15, 0.2) is 5.82 Å². The number of nitrogen functional groups attached to an aromatic ring is 1. The number of hydrogen-bond acceptors (Lipinski definition) is 4. The summed E-state index contributed by atoms with van der Waals surface area (Å²) in [5.41, 5.74) is 5.45. The van der Waals surface area contributed by atoms with Crippen molar-refractivity contribution >= 4 is 5.82 Å². The standard InChI is InChI=1S/C8H9N3O/c1-2-3-6-12-8-7(9)10-4-5-11-8/h1,4-5H,3,6H2,(H2,9,10). The molecule has 1 aromatic heterocycles. The van der Waals surface area contributed by atoms with Gasteiger partial charge in [0.2, 0.25) is 0 Å². The van der Waals surface area contributed by atoms with Crippen LogP contribution in [0.15, 0.2) is 12.4 Å². The molecule has 4 nitrogen and oxygen atoms in total. The summed E-state index contributed by atoms with van der Waals surface area (Å²) in [4.78, 5) is 7.67. The third kappa shape index (κ3) is 2.13. The van der Waals surface area contributed by atoms with Crippen LogP contribution in [0.2, 0.25) is 0 Å². The summed E-state index contributed by atoms with van der Waals surface area (Å²) in [5, 5.41) is 0. The maximum Gasteiger partial charge on any atom is 0.257 e. The monoisotopic (exact) mass is 163 g/mol. The number of ether oxygens (including phenoxy) is 1. The van der Waals surface area contributed by atoms with Crippen molar-refractivity contribution in [3.05, 3.63) is 12.4 Å². The molecule has 0 amide bonds. The first-order chi connectivity index (χ1) is 5.84. The Balaban J connectivity index is 2.53. The Morgan fingerprint density at radius 2 is 2.25 bits per heavy atom. The molecule has 62 valence electrons. The van der Waals surface area contributed by atoms with Gasteiger partial charge in [0.05, 0.1) is 0 Å². The lowest BCUT2D eigenvalue weighted by atomic mass is 10.5. The van der Waals surface area contributed by atoms with Crippen LogP contribution in [0.1, 0.15) is 6.42 Å². The van der Waals surface area contributed by atoms with E-state index in [2.05, 4.69) is 15.9 Å². The van der Waals surface area contributed by atoms with E-state index in [0.29, 0.717) is 18.9 Å². The molecule has 1 heterocycles. The Bertz CT molecular complexity index is 293. The van der Waals surface area contributed by atoms with Crippen LogP contribution < -0.4 is 10.5 Å². The van der Waals surface area contributed by atoms with Crippen LogP contribution in [-0.4, -0.2) is 16.6 Å². The van der Waals surface area contributed by atoms with E-state index in [1.807, 2.05) is 0 Å². The normalized spacial score (nSPS) is 8.92. The van der Waals surface area contributed by atoms with Crippen molar-refractivity contribution in [1.29, 1.82) is 0 Å². The summed E-state index contributed by atoms with van der Waals surface area (Å²) < 4.78 is 5.14. The van der Waals surface area contributed by atoms with Crippen molar-refractivity contribution in [3.63, 3.8) is 0 Å². The lowest BCUT2D eigenvalue weighted by molar-refractivity contribution is 0.315. The molecule has 0 saturated heterocycles. The molecule has 0 saturated carbocycles. The number of nitrogens with zero attached hydrogens (tertiary/aromatic N) is 2. The molecular formula is C8H9N3O. The zero-order valence-corrected chi connectivity index (χ0v) is 6.53. The van der Waals surface area contributed by atoms with E-state index in [1.165, 1.54) is 12.4 Å². The second kappa shape index (κ2) is 4.19. The topological polar surface area (TPSA) is 61.0 Å². The molecule has 0 aliphatic rings. The molecule has 0 aromatic carbocycles. The van der Waals surface area contributed by atoms with Gasteiger partial charge in [-0.05, 0) is 0 Å². The van der Waals surface area contributed by atoms with Crippen molar-refractivity contribution in [2.75, 3.05) is 12.3 Å². The number of anilines is 1. The Morgan fingerprint density at radius 1 is 1.50 bits per heavy atom. The molecule has 0 bridgehead atoms. The van der Waals surface area contributed by atoms with Crippen LogP contribution in [0.4, 0.5) is 5.82 Å². The van der Waals surface area contributed by atoms with Crippen molar-refractivity contribution in [3.8, 4) is 18.2 Å². The van der Waals surface area contributed by atoms with E-state index < -0.39 is 0 Å². The largest absolute Gasteiger partial charge is 0.474 e. The third-order valence-electron chi connectivity index (χ3n) is 1.18. The van der Waals surface area contributed by atoms with E-state index in [4.69, 9.17) is 16.9 Å². The van der Waals surface area contributed by atoms with Crippen molar-refractivity contribution in [1.82, 2.24) is 9.97 Å². The molecule has 4 heteroatoms. The van der Waals surface area contributed by atoms with Gasteiger partial charge in [0, 0.05) is 18.8 Å². The van der Waals surface area contributed by atoms with Crippen LogP contribution in [0.3, 0.4) is 0 Å². The molecule has 0 aliphatic carbocycles. The van der Waals surface area contributed by atoms with Crippen LogP contribution in [0.5, 0.6) is 5.88 Å². The average molecular weight is 163 g/mol. The number of nitrogens with two attached hydrogens (primary N) is 1. The van der Waals surface area contributed by atoms with E-state index in [1.54, 1.807) is 0 Å². The number of aromatic nitrogens is 2. The van der Waals surface area contributed by atoms with Crippen LogP contribution in [-0.2, 0) is 0 Å². The highest BCUT2D eigenvalue weighted by Gasteiger charge is 1.99. The van der Waals surface area contributed by atoms with Crippen molar-refractivity contribution < 1.29 is 4.74 Å². The van der Waals surface area contributed by atoms with Gasteiger partial charge in [0.1, 0.15) is 6.61 Å². The highest BCUT2D eigenvalue weighted by Crippen LogP contribution is 2.12. The number of rotatable bonds is 3. The third-order valence-corrected chi connectivity index (χ3v) is 1.18. The van der Waals surface area contributed by atoms with E-state index >= 15 is 0 Å². The van der Waals surface area contributed by atoms with E-state index in [0.717, 1.165) is 0 Å². The Labute approximate surface area is 70.8 Å². The quantitative estimate of drug-likeness (QED) is 0.519. The Kier molecular flexibility index (Phi) is 2.91. The van der Waals surface area contributed by atoms with Gasteiger partial charge < -0.3 is 10.5 Å². The van der Waals surface area contributed by atoms with Gasteiger partial charge in [-0.2, -0.15) is 0 Å². The molecule has 0 fully saturated rings. The predicted molar refractivity (Wildman–Crippen MR) is 45.4 cm³/mol. The smallest absolute Gasteiger partial charge is 0.257 e. The van der Waals surface area contributed by atoms with E-state index in [-0.39, 0.29) is 5.82 Å². The highest BCUT2D eigenvalue weighted by molar-refractivity contribution is 5.38. The fraction of sp³-hybridized carbons (Fsp3) is 0.250. The zero-order valence-electron chi connectivity index (χ0n) is 6.53. The minimum Gasteiger partial charge on any atom is -0.474 e. The van der Waals surface area contributed by atoms with Gasteiger partial charge >= 0.3 is 0 Å². The molecule has 0 atom stereocenters. The van der Waals surface area contributed by atoms with Gasteiger partial charge in [-0.25, -0.2) is 9.97 Å². The number of hydrogen-bond donors (Lipinski definition) is 1. The Hall–Kier alpha value is -1.76. The first kappa shape index (κ1) is 8.34. The average Bonchev–Trinajstić information content (AvgIpc) is 2.09.